The Labute approximate surface area is 171 Å². The van der Waals surface area contributed by atoms with Crippen molar-refractivity contribution in [2.45, 2.75) is 0 Å². The zero-order valence-electron chi connectivity index (χ0n) is 15.3. The van der Waals surface area contributed by atoms with E-state index >= 15 is 0 Å². The highest BCUT2D eigenvalue weighted by molar-refractivity contribution is 14.0. The normalized spacial score (nSPS) is 14.5. The predicted octanol–water partition coefficient (Wildman–Crippen LogP) is 1.79. The smallest absolute Gasteiger partial charge is 0.243 e. The zero-order valence-corrected chi connectivity index (χ0v) is 17.7. The number of nitrogens with zero attached hydrogens (tertiary/aromatic N) is 4. The summed E-state index contributed by atoms with van der Waals surface area (Å²) in [5.74, 6) is 0.452. The molecule has 0 saturated carbocycles. The highest BCUT2D eigenvalue weighted by Gasteiger charge is 2.20. The number of rotatable bonds is 5. The molecule has 1 amide bonds. The summed E-state index contributed by atoms with van der Waals surface area (Å²) in [6.45, 7) is 7.58. The summed E-state index contributed by atoms with van der Waals surface area (Å²) >= 11 is 0. The van der Waals surface area contributed by atoms with E-state index in [1.807, 2.05) is 0 Å². The largest absolute Gasteiger partial charge is 0.368 e. The zero-order chi connectivity index (χ0) is 18.2. The minimum absolute atomic E-state index is 0. The van der Waals surface area contributed by atoms with Crippen LogP contribution in [0.2, 0.25) is 0 Å². The number of nitrogens with one attached hydrogen (secondary N) is 1. The maximum absolute atomic E-state index is 13.1. The van der Waals surface area contributed by atoms with Gasteiger partial charge in [-0.3, -0.25) is 4.79 Å². The van der Waals surface area contributed by atoms with Crippen LogP contribution in [-0.4, -0.2) is 75.0 Å². The average Bonchev–Trinajstić information content (AvgIpc) is 2.62. The van der Waals surface area contributed by atoms with Crippen LogP contribution in [0.15, 0.2) is 41.9 Å². The molecular formula is C18H27FIN5O. The first kappa shape index (κ1) is 22.2. The first-order valence-corrected chi connectivity index (χ1v) is 8.36. The highest BCUT2D eigenvalue weighted by atomic mass is 127. The average molecular weight is 475 g/mol. The van der Waals surface area contributed by atoms with E-state index in [0.717, 1.165) is 31.9 Å². The van der Waals surface area contributed by atoms with Gasteiger partial charge in [0, 0.05) is 52.5 Å². The Hall–Kier alpha value is -1.84. The summed E-state index contributed by atoms with van der Waals surface area (Å²) in [7, 11) is 3.44. The lowest BCUT2D eigenvalue weighted by atomic mass is 10.2. The first-order chi connectivity index (χ1) is 12.0. The third-order valence-corrected chi connectivity index (χ3v) is 4.04. The van der Waals surface area contributed by atoms with Gasteiger partial charge in [-0.05, 0) is 24.3 Å². The van der Waals surface area contributed by atoms with E-state index in [9.17, 15) is 9.18 Å². The Bertz CT molecular complexity index is 613. The van der Waals surface area contributed by atoms with E-state index in [2.05, 4.69) is 26.7 Å². The number of aliphatic imine (C=N–C) groups is 1. The molecular weight excluding hydrogens is 448 g/mol. The van der Waals surface area contributed by atoms with Gasteiger partial charge in [-0.1, -0.05) is 6.08 Å². The topological polar surface area (TPSA) is 51.2 Å². The molecule has 26 heavy (non-hydrogen) atoms. The number of hydrogen-bond acceptors (Lipinski definition) is 3. The molecule has 0 aliphatic carbocycles. The number of piperazine rings is 1. The van der Waals surface area contributed by atoms with E-state index in [1.165, 1.54) is 17.0 Å². The molecule has 6 nitrogen and oxygen atoms in total. The van der Waals surface area contributed by atoms with Gasteiger partial charge in [-0.15, -0.1) is 30.6 Å². The number of halogens is 2. The van der Waals surface area contributed by atoms with Gasteiger partial charge in [-0.2, -0.15) is 0 Å². The fourth-order valence-electron chi connectivity index (χ4n) is 2.54. The van der Waals surface area contributed by atoms with Gasteiger partial charge in [0.2, 0.25) is 5.91 Å². The lowest BCUT2D eigenvalue weighted by Crippen LogP contribution is -2.52. The maximum atomic E-state index is 13.1. The molecule has 1 saturated heterocycles. The van der Waals surface area contributed by atoms with Crippen LogP contribution in [-0.2, 0) is 4.79 Å². The molecule has 1 fully saturated rings. The molecule has 1 aliphatic rings. The number of likely N-dealkylation sites (N-methyl/N-ethyl adjacent to an activating group) is 1. The number of carbonyl (C=O) groups is 1. The molecule has 1 aliphatic heterocycles. The molecule has 1 aromatic carbocycles. The van der Waals surface area contributed by atoms with Crippen molar-refractivity contribution in [3.63, 3.8) is 0 Å². The van der Waals surface area contributed by atoms with Crippen LogP contribution in [0.25, 0.3) is 0 Å². The second kappa shape index (κ2) is 11.0. The summed E-state index contributed by atoms with van der Waals surface area (Å²) in [5.41, 5.74) is 1.02. The summed E-state index contributed by atoms with van der Waals surface area (Å²) in [6.07, 6.45) is 1.76. The quantitative estimate of drug-likeness (QED) is 0.306. The summed E-state index contributed by atoms with van der Waals surface area (Å²) in [5, 5.41) is 3.21. The SMILES string of the molecule is C=CCNC(=NCC(=O)N(C)C)N1CCN(c2ccc(F)cc2)CC1.I. The molecule has 0 atom stereocenters. The Kier molecular flexibility index (Phi) is 9.39. The lowest BCUT2D eigenvalue weighted by molar-refractivity contribution is -0.127. The fraction of sp³-hybridized carbons (Fsp3) is 0.444. The number of amides is 1. The predicted molar refractivity (Wildman–Crippen MR) is 115 cm³/mol. The van der Waals surface area contributed by atoms with Crippen LogP contribution in [0, 0.1) is 5.82 Å². The number of hydrogen-bond donors (Lipinski definition) is 1. The monoisotopic (exact) mass is 475 g/mol. The summed E-state index contributed by atoms with van der Waals surface area (Å²) in [4.78, 5) is 22.1. The van der Waals surface area contributed by atoms with Crippen molar-refractivity contribution >= 4 is 41.5 Å². The van der Waals surface area contributed by atoms with E-state index in [1.54, 1.807) is 32.3 Å². The molecule has 144 valence electrons. The van der Waals surface area contributed by atoms with E-state index in [-0.39, 0.29) is 42.2 Å². The molecule has 0 radical (unpaired) electrons. The highest BCUT2D eigenvalue weighted by Crippen LogP contribution is 2.16. The first-order valence-electron chi connectivity index (χ1n) is 8.36. The minimum atomic E-state index is -0.226. The van der Waals surface area contributed by atoms with Crippen LogP contribution >= 0.6 is 24.0 Å². The third-order valence-electron chi connectivity index (χ3n) is 4.04. The van der Waals surface area contributed by atoms with Crippen molar-refractivity contribution in [2.24, 2.45) is 4.99 Å². The Morgan fingerprint density at radius 1 is 1.27 bits per heavy atom. The van der Waals surface area contributed by atoms with E-state index in [4.69, 9.17) is 0 Å². The van der Waals surface area contributed by atoms with Crippen LogP contribution in [0.3, 0.4) is 0 Å². The molecule has 8 heteroatoms. The van der Waals surface area contributed by atoms with E-state index < -0.39 is 0 Å². The number of guanidine groups is 1. The molecule has 0 spiro atoms. The summed E-state index contributed by atoms with van der Waals surface area (Å²) < 4.78 is 13.1. The second-order valence-corrected chi connectivity index (χ2v) is 6.05. The molecule has 1 heterocycles. The van der Waals surface area contributed by atoms with Gasteiger partial charge < -0.3 is 20.0 Å². The van der Waals surface area contributed by atoms with Crippen molar-refractivity contribution in [1.29, 1.82) is 0 Å². The molecule has 0 unspecified atom stereocenters. The maximum Gasteiger partial charge on any atom is 0.243 e. The molecule has 2 rings (SSSR count). The van der Waals surface area contributed by atoms with Crippen LogP contribution in [0.5, 0.6) is 0 Å². The van der Waals surface area contributed by atoms with Gasteiger partial charge in [0.1, 0.15) is 12.4 Å². The van der Waals surface area contributed by atoms with Crippen LogP contribution in [0.4, 0.5) is 10.1 Å². The van der Waals surface area contributed by atoms with Crippen LogP contribution in [0.1, 0.15) is 0 Å². The van der Waals surface area contributed by atoms with Crippen molar-refractivity contribution in [3.05, 3.63) is 42.7 Å². The Balaban J connectivity index is 0.00000338. The Morgan fingerprint density at radius 2 is 1.88 bits per heavy atom. The van der Waals surface area contributed by atoms with Gasteiger partial charge in [0.15, 0.2) is 5.96 Å². The third kappa shape index (κ3) is 6.47. The van der Waals surface area contributed by atoms with Gasteiger partial charge in [0.05, 0.1) is 0 Å². The van der Waals surface area contributed by atoms with Gasteiger partial charge in [-0.25, -0.2) is 9.38 Å². The molecule has 1 aromatic rings. The van der Waals surface area contributed by atoms with Gasteiger partial charge >= 0.3 is 0 Å². The van der Waals surface area contributed by atoms with Crippen molar-refractivity contribution in [3.8, 4) is 0 Å². The number of anilines is 1. The van der Waals surface area contributed by atoms with Crippen molar-refractivity contribution in [1.82, 2.24) is 15.1 Å². The Morgan fingerprint density at radius 3 is 2.42 bits per heavy atom. The van der Waals surface area contributed by atoms with Gasteiger partial charge in [0.25, 0.3) is 0 Å². The summed E-state index contributed by atoms with van der Waals surface area (Å²) in [6, 6.07) is 6.55. The molecule has 0 bridgehead atoms. The van der Waals surface area contributed by atoms with Crippen molar-refractivity contribution < 1.29 is 9.18 Å². The lowest BCUT2D eigenvalue weighted by Gasteiger charge is -2.37. The second-order valence-electron chi connectivity index (χ2n) is 6.05. The van der Waals surface area contributed by atoms with E-state index in [0.29, 0.717) is 12.5 Å². The van der Waals surface area contributed by atoms with Crippen LogP contribution < -0.4 is 10.2 Å². The molecule has 1 N–H and O–H groups in total. The number of benzene rings is 1. The number of carbonyl (C=O) groups excluding carboxylic acids is 1. The molecule has 0 aromatic heterocycles. The standard InChI is InChI=1S/C18H26FN5O.HI/c1-4-9-20-18(21-14-17(25)22(2)3)24-12-10-23(11-13-24)16-7-5-15(19)6-8-16;/h4-8H,1,9-14H2,2-3H3,(H,20,21);1H. The van der Waals surface area contributed by atoms with Crippen molar-refractivity contribution in [2.75, 3.05) is 58.3 Å². The fourth-order valence-corrected chi connectivity index (χ4v) is 2.54. The minimum Gasteiger partial charge on any atom is -0.368 e.